The molecule has 0 aliphatic heterocycles. The van der Waals surface area contributed by atoms with Crippen LogP contribution >= 0.6 is 11.3 Å². The normalized spacial score (nSPS) is 17.6. The Morgan fingerprint density at radius 3 is 3.09 bits per heavy atom. The Hall–Kier alpha value is -2.01. The van der Waals surface area contributed by atoms with E-state index in [1.807, 2.05) is 0 Å². The highest BCUT2D eigenvalue weighted by Gasteiger charge is 2.23. The molecule has 1 aromatic carbocycles. The number of hydrogen-bond donors (Lipinski definition) is 1. The summed E-state index contributed by atoms with van der Waals surface area (Å²) in [5.74, 6) is 0.755. The van der Waals surface area contributed by atoms with Crippen molar-refractivity contribution >= 4 is 21.6 Å². The van der Waals surface area contributed by atoms with Crippen LogP contribution in [0.5, 0.6) is 0 Å². The van der Waals surface area contributed by atoms with Crippen LogP contribution in [0.3, 0.4) is 0 Å². The van der Waals surface area contributed by atoms with Crippen LogP contribution in [0.1, 0.15) is 23.8 Å². The van der Waals surface area contributed by atoms with E-state index < -0.39 is 0 Å². The zero-order valence-electron chi connectivity index (χ0n) is 12.1. The van der Waals surface area contributed by atoms with E-state index in [2.05, 4.69) is 16.9 Å². The molecule has 0 saturated heterocycles. The Morgan fingerprint density at radius 1 is 1.41 bits per heavy atom. The van der Waals surface area contributed by atoms with Gasteiger partial charge >= 0.3 is 0 Å². The summed E-state index contributed by atoms with van der Waals surface area (Å²) in [6.45, 7) is 2.24. The maximum atomic E-state index is 13.4. The van der Waals surface area contributed by atoms with Crippen molar-refractivity contribution in [3.05, 3.63) is 50.9 Å². The number of hydrogen-bond acceptors (Lipinski definition) is 3. The number of benzene rings is 1. The molecule has 1 aliphatic rings. The number of nitrogens with zero attached hydrogens (tertiary/aromatic N) is 1. The Labute approximate surface area is 130 Å². The van der Waals surface area contributed by atoms with Crippen molar-refractivity contribution in [3.63, 3.8) is 0 Å². The third kappa shape index (κ3) is 2.16. The largest absolute Gasteiger partial charge is 0.306 e. The number of nitrogens with one attached hydrogen (secondary N) is 1. The topological polar surface area (TPSA) is 45.8 Å². The van der Waals surface area contributed by atoms with Gasteiger partial charge in [-0.05, 0) is 42.9 Å². The van der Waals surface area contributed by atoms with Crippen LogP contribution < -0.4 is 5.56 Å². The molecule has 2 aromatic heterocycles. The summed E-state index contributed by atoms with van der Waals surface area (Å²) in [4.78, 5) is 21.9. The fourth-order valence-electron chi connectivity index (χ4n) is 3.12. The molecule has 0 fully saturated rings. The number of aromatic nitrogens is 2. The minimum atomic E-state index is -0.334. The number of aryl methyl sites for hydroxylation is 1. The Bertz CT molecular complexity index is 928. The lowest BCUT2D eigenvalue weighted by atomic mass is 9.89. The number of aromatic amines is 1. The van der Waals surface area contributed by atoms with E-state index in [1.54, 1.807) is 23.5 Å². The van der Waals surface area contributed by atoms with Gasteiger partial charge in [0.15, 0.2) is 0 Å². The smallest absolute Gasteiger partial charge is 0.260 e. The molecule has 0 spiro atoms. The Balaban J connectivity index is 1.92. The Morgan fingerprint density at radius 2 is 2.27 bits per heavy atom. The van der Waals surface area contributed by atoms with Gasteiger partial charge in [-0.1, -0.05) is 19.1 Å². The van der Waals surface area contributed by atoms with Crippen molar-refractivity contribution in [2.24, 2.45) is 5.92 Å². The first-order valence-corrected chi connectivity index (χ1v) is 8.24. The second-order valence-corrected chi connectivity index (χ2v) is 7.04. The van der Waals surface area contributed by atoms with Gasteiger partial charge in [-0.2, -0.15) is 0 Å². The number of fused-ring (bicyclic) bond motifs is 3. The van der Waals surface area contributed by atoms with Gasteiger partial charge < -0.3 is 4.98 Å². The molecule has 0 saturated carbocycles. The van der Waals surface area contributed by atoms with E-state index in [0.29, 0.717) is 17.3 Å². The molecular weight excluding hydrogens is 299 g/mol. The standard InChI is InChI=1S/C17H15FN2OS/c1-9-5-6-12-13(7-9)22-17-14(12)16(21)19-15(20-17)10-3-2-4-11(18)8-10/h2-4,8-9H,5-7H2,1H3,(H,19,20,21). The second kappa shape index (κ2) is 5.02. The van der Waals surface area contributed by atoms with Crippen molar-refractivity contribution in [3.8, 4) is 11.4 Å². The van der Waals surface area contributed by atoms with Crippen molar-refractivity contribution in [2.75, 3.05) is 0 Å². The van der Waals surface area contributed by atoms with Crippen LogP contribution in [0.2, 0.25) is 0 Å². The molecule has 1 aliphatic carbocycles. The quantitative estimate of drug-likeness (QED) is 0.740. The van der Waals surface area contributed by atoms with E-state index >= 15 is 0 Å². The lowest BCUT2D eigenvalue weighted by Crippen LogP contribution is -2.13. The molecule has 0 radical (unpaired) electrons. The van der Waals surface area contributed by atoms with Gasteiger partial charge in [0, 0.05) is 10.4 Å². The first kappa shape index (κ1) is 13.6. The lowest BCUT2D eigenvalue weighted by Gasteiger charge is -2.17. The van der Waals surface area contributed by atoms with Crippen LogP contribution in [-0.2, 0) is 12.8 Å². The molecule has 1 N–H and O–H groups in total. The molecular formula is C17H15FN2OS. The van der Waals surface area contributed by atoms with Gasteiger partial charge in [-0.25, -0.2) is 9.37 Å². The second-order valence-electron chi connectivity index (χ2n) is 5.96. The number of H-pyrrole nitrogens is 1. The summed E-state index contributed by atoms with van der Waals surface area (Å²) < 4.78 is 13.4. The fourth-order valence-corrected chi connectivity index (χ4v) is 4.50. The summed E-state index contributed by atoms with van der Waals surface area (Å²) in [5, 5.41) is 0.729. The van der Waals surface area contributed by atoms with Crippen LogP contribution in [0.25, 0.3) is 21.6 Å². The molecule has 0 bridgehead atoms. The van der Waals surface area contributed by atoms with Gasteiger partial charge in [0.2, 0.25) is 0 Å². The Kier molecular flexibility index (Phi) is 3.11. The highest BCUT2D eigenvalue weighted by atomic mass is 32.1. The third-order valence-corrected chi connectivity index (χ3v) is 5.41. The summed E-state index contributed by atoms with van der Waals surface area (Å²) in [5.41, 5.74) is 1.65. The molecule has 2 heterocycles. The molecule has 3 aromatic rings. The molecule has 3 nitrogen and oxygen atoms in total. The highest BCUT2D eigenvalue weighted by molar-refractivity contribution is 7.18. The molecule has 4 rings (SSSR count). The fraction of sp³-hybridized carbons (Fsp3) is 0.294. The average Bonchev–Trinajstić information content (AvgIpc) is 2.84. The minimum Gasteiger partial charge on any atom is -0.306 e. The van der Waals surface area contributed by atoms with E-state index in [0.717, 1.165) is 35.0 Å². The first-order chi connectivity index (χ1) is 10.6. The third-order valence-electron chi connectivity index (χ3n) is 4.26. The van der Waals surface area contributed by atoms with Crippen molar-refractivity contribution in [2.45, 2.75) is 26.2 Å². The summed E-state index contributed by atoms with van der Waals surface area (Å²) in [6, 6.07) is 6.14. The SMILES string of the molecule is CC1CCc2c(sc3nc(-c4cccc(F)c4)[nH]c(=O)c23)C1. The molecule has 1 unspecified atom stereocenters. The maximum absolute atomic E-state index is 13.4. The van der Waals surface area contributed by atoms with Crippen molar-refractivity contribution in [1.29, 1.82) is 0 Å². The van der Waals surface area contributed by atoms with E-state index in [1.165, 1.54) is 17.0 Å². The van der Waals surface area contributed by atoms with Crippen LogP contribution in [0.4, 0.5) is 4.39 Å². The zero-order valence-corrected chi connectivity index (χ0v) is 13.0. The number of thiophene rings is 1. The monoisotopic (exact) mass is 314 g/mol. The van der Waals surface area contributed by atoms with Crippen LogP contribution in [0.15, 0.2) is 29.1 Å². The average molecular weight is 314 g/mol. The summed E-state index contributed by atoms with van der Waals surface area (Å²) in [7, 11) is 0. The molecule has 5 heteroatoms. The molecule has 0 amide bonds. The van der Waals surface area contributed by atoms with Gasteiger partial charge in [0.25, 0.3) is 5.56 Å². The molecule has 1 atom stereocenters. The van der Waals surface area contributed by atoms with E-state index in [-0.39, 0.29) is 11.4 Å². The van der Waals surface area contributed by atoms with E-state index in [9.17, 15) is 9.18 Å². The molecule has 112 valence electrons. The van der Waals surface area contributed by atoms with Gasteiger partial charge in [0.1, 0.15) is 16.5 Å². The van der Waals surface area contributed by atoms with Gasteiger partial charge in [-0.15, -0.1) is 11.3 Å². The summed E-state index contributed by atoms with van der Waals surface area (Å²) >= 11 is 1.61. The summed E-state index contributed by atoms with van der Waals surface area (Å²) in [6.07, 6.45) is 3.08. The van der Waals surface area contributed by atoms with Gasteiger partial charge in [0.05, 0.1) is 5.39 Å². The lowest BCUT2D eigenvalue weighted by molar-refractivity contribution is 0.509. The highest BCUT2D eigenvalue weighted by Crippen LogP contribution is 2.36. The predicted molar refractivity (Wildman–Crippen MR) is 86.8 cm³/mol. The van der Waals surface area contributed by atoms with E-state index in [4.69, 9.17) is 0 Å². The van der Waals surface area contributed by atoms with Crippen LogP contribution in [-0.4, -0.2) is 9.97 Å². The van der Waals surface area contributed by atoms with Crippen molar-refractivity contribution < 1.29 is 4.39 Å². The number of rotatable bonds is 1. The maximum Gasteiger partial charge on any atom is 0.260 e. The zero-order chi connectivity index (χ0) is 15.3. The first-order valence-electron chi connectivity index (χ1n) is 7.42. The molecule has 22 heavy (non-hydrogen) atoms. The predicted octanol–water partition coefficient (Wildman–Crippen LogP) is 3.92. The number of halogens is 1. The van der Waals surface area contributed by atoms with Crippen LogP contribution in [0, 0.1) is 11.7 Å². The van der Waals surface area contributed by atoms with Gasteiger partial charge in [-0.3, -0.25) is 4.79 Å². The van der Waals surface area contributed by atoms with Crippen molar-refractivity contribution in [1.82, 2.24) is 9.97 Å². The minimum absolute atomic E-state index is 0.115.